The summed E-state index contributed by atoms with van der Waals surface area (Å²) >= 11 is 0. The lowest BCUT2D eigenvalue weighted by molar-refractivity contribution is -0.149. The Morgan fingerprint density at radius 1 is 1.08 bits per heavy atom. The molecule has 0 bridgehead atoms. The summed E-state index contributed by atoms with van der Waals surface area (Å²) in [5.74, 6) is -1.30. The van der Waals surface area contributed by atoms with Crippen molar-refractivity contribution in [2.24, 2.45) is 5.92 Å². The van der Waals surface area contributed by atoms with Gasteiger partial charge in [0.1, 0.15) is 5.54 Å². The van der Waals surface area contributed by atoms with E-state index in [0.29, 0.717) is 18.4 Å². The van der Waals surface area contributed by atoms with E-state index in [0.717, 1.165) is 31.2 Å². The third-order valence-electron chi connectivity index (χ3n) is 5.43. The second kappa shape index (κ2) is 6.86. The molecule has 0 radical (unpaired) electrons. The predicted octanol–water partition coefficient (Wildman–Crippen LogP) is 2.05. The Kier molecular flexibility index (Phi) is 4.79. The highest BCUT2D eigenvalue weighted by Crippen LogP contribution is 2.48. The van der Waals surface area contributed by atoms with Gasteiger partial charge in [-0.1, -0.05) is 31.4 Å². The van der Waals surface area contributed by atoms with Gasteiger partial charge in [-0.3, -0.25) is 9.59 Å². The van der Waals surface area contributed by atoms with Crippen LogP contribution in [0.15, 0.2) is 24.3 Å². The van der Waals surface area contributed by atoms with Gasteiger partial charge in [-0.15, -0.1) is 0 Å². The predicted molar refractivity (Wildman–Crippen MR) is 92.3 cm³/mol. The highest BCUT2D eigenvalue weighted by molar-refractivity contribution is 5.94. The summed E-state index contributed by atoms with van der Waals surface area (Å²) in [5.41, 5.74) is 0.506. The van der Waals surface area contributed by atoms with Gasteiger partial charge in [-0.25, -0.2) is 4.79 Å². The van der Waals surface area contributed by atoms with Crippen molar-refractivity contribution in [2.75, 3.05) is 7.05 Å². The summed E-state index contributed by atoms with van der Waals surface area (Å²) in [5, 5.41) is 15.0. The zero-order valence-electron chi connectivity index (χ0n) is 14.4. The van der Waals surface area contributed by atoms with Crippen LogP contribution < -0.4 is 10.6 Å². The molecule has 0 saturated heterocycles. The van der Waals surface area contributed by atoms with E-state index in [4.69, 9.17) is 0 Å². The van der Waals surface area contributed by atoms with Crippen molar-refractivity contribution < 1.29 is 19.5 Å². The van der Waals surface area contributed by atoms with Crippen LogP contribution in [0.2, 0.25) is 0 Å². The first-order chi connectivity index (χ1) is 12.0. The summed E-state index contributed by atoms with van der Waals surface area (Å²) in [6.45, 7) is 0. The largest absolute Gasteiger partial charge is 0.480 e. The van der Waals surface area contributed by atoms with Crippen LogP contribution in [0, 0.1) is 5.92 Å². The maximum atomic E-state index is 12.5. The Labute approximate surface area is 147 Å². The van der Waals surface area contributed by atoms with Crippen LogP contribution in [-0.2, 0) is 9.59 Å². The first-order valence-corrected chi connectivity index (χ1v) is 8.84. The van der Waals surface area contributed by atoms with Crippen LogP contribution in [0.25, 0.3) is 0 Å². The molecule has 25 heavy (non-hydrogen) atoms. The highest BCUT2D eigenvalue weighted by atomic mass is 16.4. The van der Waals surface area contributed by atoms with Crippen molar-refractivity contribution in [3.05, 3.63) is 35.4 Å². The average Bonchev–Trinajstić information content (AvgIpc) is 3.43. The molecule has 0 aliphatic heterocycles. The Bertz CT molecular complexity index is 677. The van der Waals surface area contributed by atoms with Gasteiger partial charge in [0.05, 0.1) is 0 Å². The SMILES string of the molecule is CNC(=O)c1ccc(C2CC2C(=O)NC2(C(=O)O)CCCCC2)cc1. The number of nitrogens with one attached hydrogen (secondary N) is 2. The lowest BCUT2D eigenvalue weighted by atomic mass is 9.81. The van der Waals surface area contributed by atoms with Crippen LogP contribution in [0.5, 0.6) is 0 Å². The molecule has 1 aromatic rings. The molecule has 1 aromatic carbocycles. The normalized spacial score (nSPS) is 24.2. The zero-order chi connectivity index (χ0) is 18.0. The van der Waals surface area contributed by atoms with E-state index >= 15 is 0 Å². The molecule has 0 spiro atoms. The van der Waals surface area contributed by atoms with Crippen molar-refractivity contribution in [3.63, 3.8) is 0 Å². The number of carboxylic acids is 1. The van der Waals surface area contributed by atoms with Gasteiger partial charge in [0, 0.05) is 18.5 Å². The van der Waals surface area contributed by atoms with Crippen molar-refractivity contribution in [3.8, 4) is 0 Å². The van der Waals surface area contributed by atoms with E-state index < -0.39 is 11.5 Å². The summed E-state index contributed by atoms with van der Waals surface area (Å²) in [7, 11) is 1.58. The summed E-state index contributed by atoms with van der Waals surface area (Å²) < 4.78 is 0. The number of benzene rings is 1. The third-order valence-corrected chi connectivity index (χ3v) is 5.43. The molecule has 0 heterocycles. The molecule has 3 N–H and O–H groups in total. The minimum atomic E-state index is -1.09. The van der Waals surface area contributed by atoms with Gasteiger partial charge < -0.3 is 15.7 Å². The number of carbonyl (C=O) groups is 3. The number of aliphatic carboxylic acids is 1. The van der Waals surface area contributed by atoms with E-state index in [-0.39, 0.29) is 23.7 Å². The van der Waals surface area contributed by atoms with Crippen LogP contribution in [0.4, 0.5) is 0 Å². The van der Waals surface area contributed by atoms with Crippen LogP contribution in [-0.4, -0.2) is 35.5 Å². The Morgan fingerprint density at radius 3 is 2.28 bits per heavy atom. The Hall–Kier alpha value is -2.37. The molecule has 0 aromatic heterocycles. The second-order valence-corrected chi connectivity index (χ2v) is 7.09. The second-order valence-electron chi connectivity index (χ2n) is 7.09. The van der Waals surface area contributed by atoms with Crippen molar-refractivity contribution in [1.82, 2.24) is 10.6 Å². The first kappa shape index (κ1) is 17.5. The molecule has 6 nitrogen and oxygen atoms in total. The molecule has 2 saturated carbocycles. The van der Waals surface area contributed by atoms with E-state index in [9.17, 15) is 19.5 Å². The lowest BCUT2D eigenvalue weighted by Gasteiger charge is -2.34. The fraction of sp³-hybridized carbons (Fsp3) is 0.526. The van der Waals surface area contributed by atoms with E-state index in [1.807, 2.05) is 12.1 Å². The monoisotopic (exact) mass is 344 g/mol. The molecule has 2 aliphatic rings. The van der Waals surface area contributed by atoms with Gasteiger partial charge in [-0.2, -0.15) is 0 Å². The van der Waals surface area contributed by atoms with Crippen LogP contribution in [0.1, 0.15) is 60.4 Å². The third kappa shape index (κ3) is 3.52. The average molecular weight is 344 g/mol. The van der Waals surface area contributed by atoms with Gasteiger partial charge >= 0.3 is 5.97 Å². The lowest BCUT2D eigenvalue weighted by Crippen LogP contribution is -2.56. The van der Waals surface area contributed by atoms with Gasteiger partial charge in [0.2, 0.25) is 5.91 Å². The molecule has 2 unspecified atom stereocenters. The smallest absolute Gasteiger partial charge is 0.329 e. The van der Waals surface area contributed by atoms with Crippen LogP contribution in [0.3, 0.4) is 0 Å². The molecular weight excluding hydrogens is 320 g/mol. The Balaban J connectivity index is 1.63. The van der Waals surface area contributed by atoms with E-state index in [1.165, 1.54) is 0 Å². The number of amides is 2. The van der Waals surface area contributed by atoms with Crippen LogP contribution >= 0.6 is 0 Å². The molecule has 2 amide bonds. The number of hydrogen-bond acceptors (Lipinski definition) is 3. The number of rotatable bonds is 5. The van der Waals surface area contributed by atoms with Gasteiger partial charge in [0.25, 0.3) is 5.91 Å². The molecular formula is C19H24N2O4. The summed E-state index contributed by atoms with van der Waals surface area (Å²) in [6.07, 6.45) is 4.43. The number of hydrogen-bond donors (Lipinski definition) is 3. The van der Waals surface area contributed by atoms with Gasteiger partial charge in [0.15, 0.2) is 0 Å². The quantitative estimate of drug-likeness (QED) is 0.762. The fourth-order valence-electron chi connectivity index (χ4n) is 3.76. The molecule has 2 atom stereocenters. The van der Waals surface area contributed by atoms with E-state index in [1.54, 1.807) is 19.2 Å². The topological polar surface area (TPSA) is 95.5 Å². The summed E-state index contributed by atoms with van der Waals surface area (Å²) in [6, 6.07) is 7.24. The van der Waals surface area contributed by atoms with Crippen molar-refractivity contribution >= 4 is 17.8 Å². The highest BCUT2D eigenvalue weighted by Gasteiger charge is 2.48. The molecule has 2 fully saturated rings. The molecule has 2 aliphatic carbocycles. The molecule has 3 rings (SSSR count). The fourth-order valence-corrected chi connectivity index (χ4v) is 3.76. The minimum absolute atomic E-state index is 0.105. The minimum Gasteiger partial charge on any atom is -0.480 e. The van der Waals surface area contributed by atoms with Crippen molar-refractivity contribution in [2.45, 2.75) is 50.0 Å². The van der Waals surface area contributed by atoms with Crippen molar-refractivity contribution in [1.29, 1.82) is 0 Å². The number of carbonyl (C=O) groups excluding carboxylic acids is 2. The Morgan fingerprint density at radius 2 is 1.72 bits per heavy atom. The van der Waals surface area contributed by atoms with E-state index in [2.05, 4.69) is 10.6 Å². The summed E-state index contributed by atoms with van der Waals surface area (Å²) in [4.78, 5) is 35.8. The zero-order valence-corrected chi connectivity index (χ0v) is 14.4. The standard InChI is InChI=1S/C19H24N2O4/c1-20-16(22)13-7-5-12(6-8-13)14-11-15(14)17(23)21-19(18(24)25)9-3-2-4-10-19/h5-8,14-15H,2-4,9-11H2,1H3,(H,20,22)(H,21,23)(H,24,25). The maximum Gasteiger partial charge on any atom is 0.329 e. The maximum absolute atomic E-state index is 12.5. The molecule has 6 heteroatoms. The number of carboxylic acid groups (broad SMARTS) is 1. The first-order valence-electron chi connectivity index (χ1n) is 8.84. The molecule has 134 valence electrons. The van der Waals surface area contributed by atoms with Gasteiger partial charge in [-0.05, 0) is 42.9 Å².